The van der Waals surface area contributed by atoms with E-state index in [1.54, 1.807) is 32.9 Å². The second kappa shape index (κ2) is 8.94. The molecule has 0 aliphatic heterocycles. The molecule has 29 heavy (non-hydrogen) atoms. The summed E-state index contributed by atoms with van der Waals surface area (Å²) >= 11 is 6.01. The van der Waals surface area contributed by atoms with Crippen molar-refractivity contribution in [1.82, 2.24) is 4.72 Å². The number of carbonyl (C=O) groups is 2. The summed E-state index contributed by atoms with van der Waals surface area (Å²) in [7, 11) is -3.95. The van der Waals surface area contributed by atoms with Crippen LogP contribution in [0.15, 0.2) is 47.4 Å². The summed E-state index contributed by atoms with van der Waals surface area (Å²) in [6.45, 7) is 6.37. The van der Waals surface area contributed by atoms with Gasteiger partial charge in [0, 0.05) is 11.2 Å². The molecule has 2 aromatic rings. The van der Waals surface area contributed by atoms with Crippen LogP contribution in [0.1, 0.15) is 36.7 Å². The zero-order valence-corrected chi connectivity index (χ0v) is 18.1. The lowest BCUT2D eigenvalue weighted by molar-refractivity contribution is -0.119. The van der Waals surface area contributed by atoms with E-state index >= 15 is 0 Å². The molecule has 0 bridgehead atoms. The molecule has 0 spiro atoms. The molecule has 9 heteroatoms. The summed E-state index contributed by atoms with van der Waals surface area (Å²) in [5, 5.41) is 2.61. The van der Waals surface area contributed by atoms with Crippen molar-refractivity contribution in [3.63, 3.8) is 0 Å². The molecule has 2 rings (SSSR count). The molecule has 0 aromatic heterocycles. The number of ether oxygens (including phenoxy) is 1. The maximum absolute atomic E-state index is 12.5. The van der Waals surface area contributed by atoms with Crippen LogP contribution in [0.4, 0.5) is 5.69 Å². The van der Waals surface area contributed by atoms with E-state index in [-0.39, 0.29) is 15.5 Å². The van der Waals surface area contributed by atoms with Crippen molar-refractivity contribution in [3.05, 3.63) is 58.6 Å². The van der Waals surface area contributed by atoms with E-state index in [9.17, 15) is 18.0 Å². The number of esters is 1. The van der Waals surface area contributed by atoms with Crippen molar-refractivity contribution < 1.29 is 22.7 Å². The van der Waals surface area contributed by atoms with E-state index in [0.29, 0.717) is 5.69 Å². The molecule has 0 heterocycles. The molecule has 0 aliphatic rings. The average molecular weight is 439 g/mol. The van der Waals surface area contributed by atoms with Gasteiger partial charge in [-0.2, -0.15) is 0 Å². The summed E-state index contributed by atoms with van der Waals surface area (Å²) in [4.78, 5) is 24.1. The van der Waals surface area contributed by atoms with Gasteiger partial charge >= 0.3 is 5.97 Å². The number of rotatable bonds is 6. The quantitative estimate of drug-likeness (QED) is 0.672. The first kappa shape index (κ1) is 22.9. The van der Waals surface area contributed by atoms with Gasteiger partial charge in [0.25, 0.3) is 5.91 Å². The molecular weight excluding hydrogens is 416 g/mol. The van der Waals surface area contributed by atoms with Crippen LogP contribution in [0.2, 0.25) is 5.02 Å². The van der Waals surface area contributed by atoms with Crippen LogP contribution in [-0.4, -0.2) is 32.4 Å². The molecule has 0 radical (unpaired) electrons. The number of hydrogen-bond donors (Lipinski definition) is 2. The summed E-state index contributed by atoms with van der Waals surface area (Å²) in [6.07, 6.45) is 0. The number of halogens is 1. The second-order valence-electron chi connectivity index (χ2n) is 7.44. The zero-order chi connectivity index (χ0) is 21.8. The van der Waals surface area contributed by atoms with Crippen molar-refractivity contribution in [2.45, 2.75) is 38.1 Å². The van der Waals surface area contributed by atoms with E-state index < -0.39 is 34.0 Å². The van der Waals surface area contributed by atoms with E-state index in [1.165, 1.54) is 12.1 Å². The van der Waals surface area contributed by atoms with Gasteiger partial charge in [-0.25, -0.2) is 17.9 Å². The molecule has 0 fully saturated rings. The number of hydrogen-bond acceptors (Lipinski definition) is 5. The van der Waals surface area contributed by atoms with Crippen LogP contribution in [0.25, 0.3) is 0 Å². The minimum absolute atomic E-state index is 0.0319. The van der Waals surface area contributed by atoms with Gasteiger partial charge < -0.3 is 10.1 Å². The number of carbonyl (C=O) groups excluding carboxylic acids is 2. The van der Waals surface area contributed by atoms with Gasteiger partial charge in [0.2, 0.25) is 10.0 Å². The van der Waals surface area contributed by atoms with Crippen LogP contribution in [0, 0.1) is 6.92 Å². The minimum Gasteiger partial charge on any atom is -0.452 e. The Labute approximate surface area is 175 Å². The first-order chi connectivity index (χ1) is 13.4. The molecule has 2 aromatic carbocycles. The van der Waals surface area contributed by atoms with Crippen LogP contribution < -0.4 is 10.0 Å². The highest BCUT2D eigenvalue weighted by molar-refractivity contribution is 7.89. The molecule has 7 nitrogen and oxygen atoms in total. The molecule has 0 unspecified atom stereocenters. The number of nitrogens with one attached hydrogen (secondary N) is 2. The van der Waals surface area contributed by atoms with Crippen molar-refractivity contribution in [2.75, 3.05) is 11.9 Å². The standard InChI is InChI=1S/C20H23ClN2O5S/c1-13-7-5-6-8-16(13)22-18(24)12-28-19(25)14-9-10-15(21)17(11-14)29(26,27)23-20(2,3)4/h5-11,23H,12H2,1-4H3,(H,22,24). The number of amides is 1. The SMILES string of the molecule is Cc1ccccc1NC(=O)COC(=O)c1ccc(Cl)c(S(=O)(=O)NC(C)(C)C)c1. The summed E-state index contributed by atoms with van der Waals surface area (Å²) in [5.41, 5.74) is 0.715. The van der Waals surface area contributed by atoms with Gasteiger partial charge in [0.15, 0.2) is 6.61 Å². The molecule has 0 atom stereocenters. The van der Waals surface area contributed by atoms with Gasteiger partial charge in [0.1, 0.15) is 4.90 Å². The predicted octanol–water partition coefficient (Wildman–Crippen LogP) is 3.52. The van der Waals surface area contributed by atoms with E-state index in [4.69, 9.17) is 16.3 Å². The van der Waals surface area contributed by atoms with Gasteiger partial charge in [-0.15, -0.1) is 0 Å². The smallest absolute Gasteiger partial charge is 0.338 e. The molecular formula is C20H23ClN2O5S. The van der Waals surface area contributed by atoms with E-state index in [0.717, 1.165) is 11.6 Å². The van der Waals surface area contributed by atoms with E-state index in [2.05, 4.69) is 10.0 Å². The molecule has 2 N–H and O–H groups in total. The fourth-order valence-corrected chi connectivity index (χ4v) is 4.35. The number of sulfonamides is 1. The van der Waals surface area contributed by atoms with Gasteiger partial charge in [0.05, 0.1) is 10.6 Å². The lowest BCUT2D eigenvalue weighted by Gasteiger charge is -2.21. The van der Waals surface area contributed by atoms with Crippen molar-refractivity contribution in [3.8, 4) is 0 Å². The fraction of sp³-hybridized carbons (Fsp3) is 0.300. The Hall–Kier alpha value is -2.42. The number of benzene rings is 2. The lowest BCUT2D eigenvalue weighted by atomic mass is 10.1. The predicted molar refractivity (Wildman–Crippen MR) is 112 cm³/mol. The molecule has 0 saturated heterocycles. The van der Waals surface area contributed by atoms with Crippen molar-refractivity contribution in [1.29, 1.82) is 0 Å². The van der Waals surface area contributed by atoms with Crippen molar-refractivity contribution >= 4 is 39.2 Å². The Morgan fingerprint density at radius 3 is 2.38 bits per heavy atom. The molecule has 156 valence electrons. The maximum Gasteiger partial charge on any atom is 0.338 e. The highest BCUT2D eigenvalue weighted by Gasteiger charge is 2.25. The topological polar surface area (TPSA) is 102 Å². The highest BCUT2D eigenvalue weighted by Crippen LogP contribution is 2.24. The highest BCUT2D eigenvalue weighted by atomic mass is 35.5. The molecule has 0 saturated carbocycles. The Morgan fingerprint density at radius 1 is 1.10 bits per heavy atom. The summed E-state index contributed by atoms with van der Waals surface area (Å²) in [6, 6.07) is 10.9. The van der Waals surface area contributed by atoms with Crippen LogP contribution in [0.3, 0.4) is 0 Å². The van der Waals surface area contributed by atoms with Crippen LogP contribution >= 0.6 is 11.6 Å². The van der Waals surface area contributed by atoms with Gasteiger partial charge in [-0.05, 0) is 57.5 Å². The third-order valence-electron chi connectivity index (χ3n) is 3.65. The second-order valence-corrected chi connectivity index (χ2v) is 9.50. The van der Waals surface area contributed by atoms with Crippen molar-refractivity contribution in [2.24, 2.45) is 0 Å². The largest absolute Gasteiger partial charge is 0.452 e. The van der Waals surface area contributed by atoms with Gasteiger partial charge in [-0.1, -0.05) is 29.8 Å². The van der Waals surface area contributed by atoms with Crippen LogP contribution in [-0.2, 0) is 19.6 Å². The average Bonchev–Trinajstić information content (AvgIpc) is 2.60. The summed E-state index contributed by atoms with van der Waals surface area (Å²) in [5.74, 6) is -1.35. The molecule has 0 aliphatic carbocycles. The Bertz CT molecular complexity index is 1030. The third kappa shape index (κ3) is 6.56. The van der Waals surface area contributed by atoms with Crippen LogP contribution in [0.5, 0.6) is 0 Å². The molecule has 1 amide bonds. The maximum atomic E-state index is 12.5. The first-order valence-electron chi connectivity index (χ1n) is 8.75. The monoisotopic (exact) mass is 438 g/mol. The Morgan fingerprint density at radius 2 is 1.76 bits per heavy atom. The lowest BCUT2D eigenvalue weighted by Crippen LogP contribution is -2.40. The number of aryl methyl sites for hydroxylation is 1. The zero-order valence-electron chi connectivity index (χ0n) is 16.6. The number of para-hydroxylation sites is 1. The number of anilines is 1. The fourth-order valence-electron chi connectivity index (χ4n) is 2.41. The third-order valence-corrected chi connectivity index (χ3v) is 5.89. The first-order valence-corrected chi connectivity index (χ1v) is 10.6. The minimum atomic E-state index is -3.95. The normalized spacial score (nSPS) is 11.8. The van der Waals surface area contributed by atoms with E-state index in [1.807, 2.05) is 19.1 Å². The Kier molecular flexibility index (Phi) is 7.05. The Balaban J connectivity index is 2.10. The summed E-state index contributed by atoms with van der Waals surface area (Å²) < 4.78 is 32.5. The van der Waals surface area contributed by atoms with Gasteiger partial charge in [-0.3, -0.25) is 4.79 Å².